The minimum Gasteiger partial charge on any atom is -0.496 e. The van der Waals surface area contributed by atoms with Gasteiger partial charge in [-0.15, -0.1) is 5.10 Å². The quantitative estimate of drug-likeness (QED) is 0.197. The van der Waals surface area contributed by atoms with E-state index in [4.69, 9.17) is 28.3 Å². The van der Waals surface area contributed by atoms with Gasteiger partial charge in [-0.25, -0.2) is 19.1 Å². The van der Waals surface area contributed by atoms with Gasteiger partial charge in [0.25, 0.3) is 0 Å². The number of hydrogen-bond donors (Lipinski definition) is 1. The molecule has 2 aromatic rings. The fraction of sp³-hybridized carbons (Fsp3) is 0.647. The summed E-state index contributed by atoms with van der Waals surface area (Å²) in [5, 5.41) is 10.7. The maximum absolute atomic E-state index is 13.8. The van der Waals surface area contributed by atoms with Crippen molar-refractivity contribution in [3.05, 3.63) is 40.7 Å². The normalized spacial score (nSPS) is 24.3. The number of nitrogens with one attached hydrogen (secondary N) is 1. The molecule has 49 heavy (non-hydrogen) atoms. The van der Waals surface area contributed by atoms with Crippen LogP contribution in [-0.2, 0) is 41.3 Å². The highest BCUT2D eigenvalue weighted by Gasteiger charge is 2.68. The summed E-state index contributed by atoms with van der Waals surface area (Å²) in [6, 6.07) is 5.15. The molecule has 1 aliphatic heterocycles. The zero-order valence-electron chi connectivity index (χ0n) is 29.8. The van der Waals surface area contributed by atoms with E-state index in [9.17, 15) is 19.2 Å². The summed E-state index contributed by atoms with van der Waals surface area (Å²) in [5.74, 6) is -2.51. The Morgan fingerprint density at radius 3 is 2.39 bits per heavy atom. The van der Waals surface area contributed by atoms with Crippen LogP contribution >= 0.6 is 0 Å². The molecule has 4 fully saturated rings. The number of nitrogens with zero attached hydrogens (tertiary/aromatic N) is 3. The summed E-state index contributed by atoms with van der Waals surface area (Å²) in [4.78, 5) is 52.3. The molecule has 1 aromatic heterocycles. The number of aromatic nitrogens is 3. The van der Waals surface area contributed by atoms with Crippen molar-refractivity contribution in [1.82, 2.24) is 20.3 Å². The molecule has 0 unspecified atom stereocenters. The Morgan fingerprint density at radius 2 is 1.76 bits per heavy atom. The average molecular weight is 683 g/mol. The lowest BCUT2D eigenvalue weighted by Gasteiger charge is -2.64. The molecule has 0 spiro atoms. The Kier molecular flexibility index (Phi) is 10.2. The summed E-state index contributed by atoms with van der Waals surface area (Å²) < 4.78 is 35.9. The van der Waals surface area contributed by atoms with Gasteiger partial charge < -0.3 is 33.6 Å². The number of amides is 1. The van der Waals surface area contributed by atoms with Crippen LogP contribution in [-0.4, -0.2) is 89.5 Å². The number of rotatable bonds is 12. The molecule has 5 atom stereocenters. The van der Waals surface area contributed by atoms with Crippen LogP contribution in [0.4, 0.5) is 0 Å². The molecule has 6 rings (SSSR count). The van der Waals surface area contributed by atoms with Crippen molar-refractivity contribution in [2.75, 3.05) is 20.3 Å². The molecular weight excluding hydrogens is 635 g/mol. The van der Waals surface area contributed by atoms with Crippen LogP contribution in [0.5, 0.6) is 5.75 Å². The highest BCUT2D eigenvalue weighted by atomic mass is 16.7. The lowest BCUT2D eigenvalue weighted by molar-refractivity contribution is -0.199. The van der Waals surface area contributed by atoms with Crippen molar-refractivity contribution >= 4 is 30.9 Å². The second-order valence-electron chi connectivity index (χ2n) is 14.6. The number of esters is 3. The van der Waals surface area contributed by atoms with E-state index in [-0.39, 0.29) is 54.0 Å². The first-order chi connectivity index (χ1) is 23.0. The lowest BCUT2D eigenvalue weighted by Crippen LogP contribution is -2.65. The molecule has 1 aromatic carbocycles. The third kappa shape index (κ3) is 7.05. The maximum atomic E-state index is 13.8. The van der Waals surface area contributed by atoms with Crippen molar-refractivity contribution in [2.24, 2.45) is 17.3 Å². The molecule has 1 saturated heterocycles. The second kappa shape index (κ2) is 13.7. The molecule has 2 heterocycles. The molecule has 0 radical (unpaired) electrons. The summed E-state index contributed by atoms with van der Waals surface area (Å²) in [6.45, 7) is 14.8. The number of methoxy groups -OCH3 is 1. The van der Waals surface area contributed by atoms with Gasteiger partial charge in [-0.1, -0.05) is 31.2 Å². The van der Waals surface area contributed by atoms with Gasteiger partial charge in [-0.3, -0.25) is 4.79 Å². The van der Waals surface area contributed by atoms with Crippen molar-refractivity contribution in [3.8, 4) is 5.75 Å². The smallest absolute Gasteiger partial charge is 0.482 e. The van der Waals surface area contributed by atoms with Gasteiger partial charge in [0.1, 0.15) is 23.5 Å². The van der Waals surface area contributed by atoms with Crippen molar-refractivity contribution < 1.29 is 47.4 Å². The molecule has 2 bridgehead atoms. The monoisotopic (exact) mass is 682 g/mol. The Labute approximate surface area is 287 Å². The lowest BCUT2D eigenvalue weighted by atomic mass is 9.43. The van der Waals surface area contributed by atoms with Crippen LogP contribution in [0, 0.1) is 17.3 Å². The van der Waals surface area contributed by atoms with Gasteiger partial charge in [-0.2, -0.15) is 0 Å². The van der Waals surface area contributed by atoms with Crippen LogP contribution in [0.3, 0.4) is 0 Å². The number of benzene rings is 1. The second-order valence-corrected chi connectivity index (χ2v) is 14.6. The molecule has 3 saturated carbocycles. The minimum atomic E-state index is -0.871. The van der Waals surface area contributed by atoms with Gasteiger partial charge in [0.05, 0.1) is 38.0 Å². The highest BCUT2D eigenvalue weighted by molar-refractivity contribution is 6.48. The van der Waals surface area contributed by atoms with Gasteiger partial charge >= 0.3 is 25.0 Å². The molecule has 1 amide bonds. The van der Waals surface area contributed by atoms with Crippen molar-refractivity contribution in [1.29, 1.82) is 0 Å². The Bertz CT molecular complexity index is 1600. The topological polar surface area (TPSA) is 166 Å². The van der Waals surface area contributed by atoms with E-state index in [1.165, 1.54) is 7.11 Å². The Morgan fingerprint density at radius 1 is 1.06 bits per heavy atom. The number of carbonyl (C=O) groups excluding carboxylic acids is 4. The SMILES string of the molecule is CCOC(=O)c1nnn(CC(=O)N[C@@H](Cc2cccc(C(=O)OC(C)(C)C)c2OC)B2O[C@@H]3C[C@@H]4C[C@@H](C4(C)C)[C@]3(C)O2)c1C(=O)OCC. The zero-order valence-corrected chi connectivity index (χ0v) is 29.8. The third-order valence-corrected chi connectivity index (χ3v) is 9.97. The van der Waals surface area contributed by atoms with E-state index in [0.29, 0.717) is 17.2 Å². The van der Waals surface area contributed by atoms with E-state index in [1.54, 1.807) is 52.8 Å². The van der Waals surface area contributed by atoms with Crippen LogP contribution < -0.4 is 10.1 Å². The van der Waals surface area contributed by atoms with Gasteiger partial charge in [0.2, 0.25) is 11.6 Å². The summed E-state index contributed by atoms with van der Waals surface area (Å²) in [6.07, 6.45) is 1.88. The minimum absolute atomic E-state index is 0.0275. The Hall–Kier alpha value is -3.98. The molecule has 3 aliphatic carbocycles. The molecular formula is C34H47BN4O10. The standard InChI is InChI=1S/C34H47BN4O10/c1-10-45-30(42)26-27(31(43)46-11-2)39(38-37-26)18-25(40)36-24(35-48-23-17-20-16-22(33(20,6)7)34(23,8)49-35)15-19-13-12-14-21(28(19)44-9)29(41)47-32(3,4)5/h12-14,20,22-24H,10-11,15-18H2,1-9H3,(H,36,40)/t20-,22-,23+,24-,34-/m0/s1. The van der Waals surface area contributed by atoms with E-state index < -0.39 is 54.6 Å². The number of para-hydroxylation sites is 1. The van der Waals surface area contributed by atoms with Crippen molar-refractivity contribution in [2.45, 2.75) is 104 Å². The molecule has 1 N–H and O–H groups in total. The predicted octanol–water partition coefficient (Wildman–Crippen LogP) is 3.59. The third-order valence-electron chi connectivity index (χ3n) is 9.97. The first-order valence-corrected chi connectivity index (χ1v) is 16.8. The highest BCUT2D eigenvalue weighted by Crippen LogP contribution is 2.65. The van der Waals surface area contributed by atoms with E-state index in [2.05, 4.69) is 36.4 Å². The van der Waals surface area contributed by atoms with Crippen LogP contribution in [0.1, 0.15) is 105 Å². The summed E-state index contributed by atoms with van der Waals surface area (Å²) in [7, 11) is 0.621. The fourth-order valence-electron chi connectivity index (χ4n) is 7.55. The number of carbonyl (C=O) groups is 4. The largest absolute Gasteiger partial charge is 0.496 e. The van der Waals surface area contributed by atoms with Crippen molar-refractivity contribution in [3.63, 3.8) is 0 Å². The number of ether oxygens (including phenoxy) is 4. The van der Waals surface area contributed by atoms with E-state index in [0.717, 1.165) is 17.5 Å². The van der Waals surface area contributed by atoms with E-state index in [1.807, 2.05) is 0 Å². The van der Waals surface area contributed by atoms with E-state index >= 15 is 0 Å². The molecule has 14 nitrogen and oxygen atoms in total. The van der Waals surface area contributed by atoms with Gasteiger partial charge in [0.15, 0.2) is 5.69 Å². The summed E-state index contributed by atoms with van der Waals surface area (Å²) in [5.41, 5.74) is -0.985. The average Bonchev–Trinajstić information content (AvgIpc) is 3.60. The molecule has 15 heteroatoms. The van der Waals surface area contributed by atoms with Crippen LogP contribution in [0.15, 0.2) is 18.2 Å². The molecule has 4 aliphatic rings. The van der Waals surface area contributed by atoms with Gasteiger partial charge in [-0.05, 0) is 89.7 Å². The van der Waals surface area contributed by atoms with Crippen LogP contribution in [0.2, 0.25) is 0 Å². The maximum Gasteiger partial charge on any atom is 0.482 e. The molecule has 266 valence electrons. The first kappa shape index (κ1) is 36.3. The predicted molar refractivity (Wildman–Crippen MR) is 176 cm³/mol. The Balaban J connectivity index is 1.45. The van der Waals surface area contributed by atoms with Gasteiger partial charge in [0, 0.05) is 0 Å². The van der Waals surface area contributed by atoms with Crippen LogP contribution in [0.25, 0.3) is 0 Å². The fourth-order valence-corrected chi connectivity index (χ4v) is 7.55. The summed E-state index contributed by atoms with van der Waals surface area (Å²) >= 11 is 0. The first-order valence-electron chi connectivity index (χ1n) is 16.8. The number of hydrogen-bond acceptors (Lipinski definition) is 12. The zero-order chi connectivity index (χ0) is 35.9.